The molecule has 3 aromatic rings. The Morgan fingerprint density at radius 3 is 2.88 bits per heavy atom. The smallest absolute Gasteiger partial charge is 0.353 e. The zero-order valence-electron chi connectivity index (χ0n) is 17.8. The fourth-order valence-electron chi connectivity index (χ4n) is 4.10. The Morgan fingerprint density at radius 2 is 2.12 bits per heavy atom. The van der Waals surface area contributed by atoms with E-state index >= 15 is 0 Å². The van der Waals surface area contributed by atoms with Crippen molar-refractivity contribution in [2.75, 3.05) is 25.5 Å². The summed E-state index contributed by atoms with van der Waals surface area (Å²) in [5.74, 6) is 0.283. The number of rotatable bonds is 5. The number of methoxy groups -OCH3 is 1. The maximum Gasteiger partial charge on any atom is 0.353 e. The van der Waals surface area contributed by atoms with Gasteiger partial charge in [0.1, 0.15) is 16.0 Å². The molecule has 0 bridgehead atoms. The second-order valence-corrected chi connectivity index (χ2v) is 9.71. The minimum absolute atomic E-state index is 0.0571. The Labute approximate surface area is 194 Å². The molecule has 166 valence electrons. The second-order valence-electron chi connectivity index (χ2n) is 7.65. The highest BCUT2D eigenvalue weighted by Gasteiger charge is 2.33. The lowest BCUT2D eigenvalue weighted by Crippen LogP contribution is -2.38. The van der Waals surface area contributed by atoms with Crippen LogP contribution in [-0.4, -0.2) is 37.0 Å². The number of benzene rings is 1. The number of carbonyl (C=O) groups excluding carboxylic acids is 2. The van der Waals surface area contributed by atoms with Gasteiger partial charge in [0, 0.05) is 18.0 Å². The summed E-state index contributed by atoms with van der Waals surface area (Å²) in [6.07, 6.45) is 0.501. The summed E-state index contributed by atoms with van der Waals surface area (Å²) >= 11 is 2.99. The first-order valence-corrected chi connectivity index (χ1v) is 12.1. The molecular weight excluding hydrogens is 446 g/mol. The number of thiophene rings is 2. The van der Waals surface area contributed by atoms with Crippen LogP contribution in [0.3, 0.4) is 0 Å². The summed E-state index contributed by atoms with van der Waals surface area (Å²) in [7, 11) is 1.53. The van der Waals surface area contributed by atoms with Crippen molar-refractivity contribution in [3.05, 3.63) is 62.2 Å². The molecule has 32 heavy (non-hydrogen) atoms. The van der Waals surface area contributed by atoms with Crippen molar-refractivity contribution in [2.45, 2.75) is 26.1 Å². The van der Waals surface area contributed by atoms with Gasteiger partial charge in [-0.2, -0.15) is 0 Å². The van der Waals surface area contributed by atoms with E-state index in [0.717, 1.165) is 42.2 Å². The summed E-state index contributed by atoms with van der Waals surface area (Å²) in [5.41, 5.74) is 2.77. The molecule has 0 fully saturated rings. The van der Waals surface area contributed by atoms with E-state index < -0.39 is 12.1 Å². The van der Waals surface area contributed by atoms with E-state index in [9.17, 15) is 9.59 Å². The summed E-state index contributed by atoms with van der Waals surface area (Å²) < 4.78 is 11.0. The lowest BCUT2D eigenvalue weighted by atomic mass is 10.0. The van der Waals surface area contributed by atoms with E-state index in [0.29, 0.717) is 16.4 Å². The Morgan fingerprint density at radius 1 is 1.25 bits per heavy atom. The summed E-state index contributed by atoms with van der Waals surface area (Å²) in [5, 5.41) is 9.27. The predicted octanol–water partition coefficient (Wildman–Crippen LogP) is 4.27. The number of hydrogen-bond acceptors (Lipinski definition) is 8. The lowest BCUT2D eigenvalue weighted by molar-refractivity contribution is 0.0734. The molecule has 1 aromatic carbocycles. The van der Waals surface area contributed by atoms with Crippen molar-refractivity contribution >= 4 is 39.6 Å². The maximum absolute atomic E-state index is 13.0. The van der Waals surface area contributed by atoms with Crippen molar-refractivity contribution in [1.82, 2.24) is 10.2 Å². The fourth-order valence-corrected chi connectivity index (χ4v) is 6.01. The molecule has 5 rings (SSSR count). The lowest BCUT2D eigenvalue weighted by Gasteiger charge is -2.28. The molecule has 7 nitrogen and oxygen atoms in total. The van der Waals surface area contributed by atoms with Gasteiger partial charge in [-0.1, -0.05) is 19.1 Å². The molecule has 0 radical (unpaired) electrons. The van der Waals surface area contributed by atoms with Crippen LogP contribution in [0.15, 0.2) is 35.7 Å². The number of hydrogen-bond donors (Lipinski definition) is 2. The standard InChI is InChI=1S/C23H23N3O4S2/c1-3-26-9-8-14-18(12-26)32-22-19(14)21(27)24-20(25-22)13-6-7-15(16(11-13)29-2)30-23(28)17-5-4-10-31-17/h4-7,10-11,20,25H,3,8-9,12H2,1-2H3,(H,24,27). The molecule has 0 saturated heterocycles. The predicted molar refractivity (Wildman–Crippen MR) is 125 cm³/mol. The molecule has 1 amide bonds. The topological polar surface area (TPSA) is 79.9 Å². The Kier molecular flexibility index (Phi) is 5.62. The first-order chi connectivity index (χ1) is 15.6. The molecule has 2 aliphatic heterocycles. The molecule has 2 N–H and O–H groups in total. The highest BCUT2D eigenvalue weighted by molar-refractivity contribution is 7.16. The molecule has 1 atom stereocenters. The van der Waals surface area contributed by atoms with Crippen LogP contribution in [0.4, 0.5) is 5.00 Å². The summed E-state index contributed by atoms with van der Waals surface area (Å²) in [4.78, 5) is 29.5. The van der Waals surface area contributed by atoms with Crippen LogP contribution in [-0.2, 0) is 13.0 Å². The third-order valence-corrected chi connectivity index (χ3v) is 7.81. The monoisotopic (exact) mass is 469 g/mol. The number of nitrogens with zero attached hydrogens (tertiary/aromatic N) is 1. The number of anilines is 1. The van der Waals surface area contributed by atoms with Gasteiger partial charge in [-0.25, -0.2) is 4.79 Å². The molecule has 2 aliphatic rings. The van der Waals surface area contributed by atoms with Crippen LogP contribution in [0.1, 0.15) is 49.1 Å². The van der Waals surface area contributed by atoms with Crippen molar-refractivity contribution in [1.29, 1.82) is 0 Å². The SMILES string of the molecule is CCN1CCc2c(sc3c2C(=O)NC(c2ccc(OC(=O)c4cccs4)c(OC)c2)N3)C1. The molecule has 0 aliphatic carbocycles. The van der Waals surface area contributed by atoms with Crippen LogP contribution < -0.4 is 20.1 Å². The van der Waals surface area contributed by atoms with Gasteiger partial charge < -0.3 is 20.1 Å². The van der Waals surface area contributed by atoms with Crippen LogP contribution in [0.25, 0.3) is 0 Å². The van der Waals surface area contributed by atoms with Gasteiger partial charge in [0.2, 0.25) is 0 Å². The first kappa shape index (κ1) is 21.0. The van der Waals surface area contributed by atoms with Crippen LogP contribution in [0.2, 0.25) is 0 Å². The van der Waals surface area contributed by atoms with Gasteiger partial charge in [-0.05, 0) is 47.7 Å². The van der Waals surface area contributed by atoms with Crippen molar-refractivity contribution in [2.24, 2.45) is 0 Å². The number of likely N-dealkylation sites (N-methyl/N-ethyl adjacent to an activating group) is 1. The van der Waals surface area contributed by atoms with Crippen molar-refractivity contribution in [3.63, 3.8) is 0 Å². The molecule has 4 heterocycles. The summed E-state index contributed by atoms with van der Waals surface area (Å²) in [6.45, 7) is 5.04. The van der Waals surface area contributed by atoms with Gasteiger partial charge in [-0.15, -0.1) is 22.7 Å². The highest BCUT2D eigenvalue weighted by Crippen LogP contribution is 2.41. The first-order valence-electron chi connectivity index (χ1n) is 10.4. The average molecular weight is 470 g/mol. The highest BCUT2D eigenvalue weighted by atomic mass is 32.1. The molecule has 0 saturated carbocycles. The molecule has 1 unspecified atom stereocenters. The largest absolute Gasteiger partial charge is 0.493 e. The molecular formula is C23H23N3O4S2. The van der Waals surface area contributed by atoms with E-state index in [-0.39, 0.29) is 5.91 Å². The van der Waals surface area contributed by atoms with Crippen LogP contribution in [0, 0.1) is 0 Å². The number of carbonyl (C=O) groups is 2. The third-order valence-electron chi connectivity index (χ3n) is 5.81. The maximum atomic E-state index is 13.0. The van der Waals surface area contributed by atoms with Crippen LogP contribution >= 0.6 is 22.7 Å². The quantitative estimate of drug-likeness (QED) is 0.429. The normalized spacial score (nSPS) is 17.7. The van der Waals surface area contributed by atoms with Crippen molar-refractivity contribution in [3.8, 4) is 11.5 Å². The Hall–Kier alpha value is -2.88. The second kappa shape index (κ2) is 8.57. The Bertz CT molecular complexity index is 1170. The Balaban J connectivity index is 1.38. The van der Waals surface area contributed by atoms with Gasteiger partial charge in [-0.3, -0.25) is 9.69 Å². The van der Waals surface area contributed by atoms with Crippen molar-refractivity contribution < 1.29 is 19.1 Å². The van der Waals surface area contributed by atoms with Gasteiger partial charge in [0.05, 0.1) is 12.7 Å². The average Bonchev–Trinajstić information content (AvgIpc) is 3.46. The van der Waals surface area contributed by atoms with Gasteiger partial charge in [0.25, 0.3) is 5.91 Å². The molecule has 0 spiro atoms. The number of esters is 1. The van der Waals surface area contributed by atoms with E-state index in [1.165, 1.54) is 28.9 Å². The molecule has 9 heteroatoms. The van der Waals surface area contributed by atoms with Gasteiger partial charge >= 0.3 is 5.97 Å². The zero-order valence-corrected chi connectivity index (χ0v) is 19.4. The zero-order chi connectivity index (χ0) is 22.2. The van der Waals surface area contributed by atoms with Crippen LogP contribution in [0.5, 0.6) is 11.5 Å². The minimum atomic E-state index is -0.426. The number of amides is 1. The van der Waals surface area contributed by atoms with E-state index in [1.54, 1.807) is 35.6 Å². The van der Waals surface area contributed by atoms with E-state index in [2.05, 4.69) is 22.5 Å². The van der Waals surface area contributed by atoms with Gasteiger partial charge in [0.15, 0.2) is 11.5 Å². The third kappa shape index (κ3) is 3.76. The minimum Gasteiger partial charge on any atom is -0.493 e. The number of ether oxygens (including phenoxy) is 2. The number of fused-ring (bicyclic) bond motifs is 3. The molecule has 2 aromatic heterocycles. The summed E-state index contributed by atoms with van der Waals surface area (Å²) in [6, 6.07) is 8.82. The van der Waals surface area contributed by atoms with E-state index in [1.807, 2.05) is 11.4 Å². The van der Waals surface area contributed by atoms with E-state index in [4.69, 9.17) is 9.47 Å². The fraction of sp³-hybridized carbons (Fsp3) is 0.304. The number of nitrogens with one attached hydrogen (secondary N) is 2.